The summed E-state index contributed by atoms with van der Waals surface area (Å²) in [5, 5.41) is 9.67. The number of fused-ring (bicyclic) bond motifs is 1. The van der Waals surface area contributed by atoms with E-state index in [4.69, 9.17) is 10.5 Å². The summed E-state index contributed by atoms with van der Waals surface area (Å²) in [5.41, 5.74) is 9.06. The molecular formula is C21H21FN4O3. The van der Waals surface area contributed by atoms with E-state index >= 15 is 0 Å². The van der Waals surface area contributed by atoms with E-state index < -0.39 is 11.6 Å². The normalized spacial score (nSPS) is 13.9. The van der Waals surface area contributed by atoms with Crippen LogP contribution in [0.5, 0.6) is 11.5 Å². The molecule has 3 aromatic rings. The Morgan fingerprint density at radius 2 is 2.07 bits per heavy atom. The third-order valence-electron chi connectivity index (χ3n) is 5.05. The van der Waals surface area contributed by atoms with Crippen LogP contribution in [-0.2, 0) is 19.5 Å². The van der Waals surface area contributed by atoms with Crippen molar-refractivity contribution in [2.45, 2.75) is 19.5 Å². The van der Waals surface area contributed by atoms with Crippen molar-refractivity contribution < 1.29 is 14.2 Å². The molecule has 0 atom stereocenters. The van der Waals surface area contributed by atoms with Gasteiger partial charge < -0.3 is 20.6 Å². The van der Waals surface area contributed by atoms with Crippen molar-refractivity contribution in [1.29, 1.82) is 0 Å². The quantitative estimate of drug-likeness (QED) is 0.585. The minimum Gasteiger partial charge on any atom is -0.502 e. The number of phenolic OH excluding ortho intramolecular Hbond substituents is 1. The summed E-state index contributed by atoms with van der Waals surface area (Å²) in [5.74, 6) is -0.635. The van der Waals surface area contributed by atoms with Crippen molar-refractivity contribution in [3.63, 3.8) is 0 Å². The van der Waals surface area contributed by atoms with E-state index in [0.717, 1.165) is 5.56 Å². The first-order valence-corrected chi connectivity index (χ1v) is 9.20. The van der Waals surface area contributed by atoms with Crippen molar-refractivity contribution in [1.82, 2.24) is 14.9 Å². The van der Waals surface area contributed by atoms with Crippen molar-refractivity contribution >= 4 is 5.69 Å². The zero-order chi connectivity index (χ0) is 20.5. The number of benzene rings is 2. The molecule has 0 bridgehead atoms. The van der Waals surface area contributed by atoms with Crippen LogP contribution in [0.25, 0.3) is 11.4 Å². The van der Waals surface area contributed by atoms with Crippen LogP contribution in [0, 0.1) is 5.82 Å². The second kappa shape index (κ2) is 7.56. The lowest BCUT2D eigenvalue weighted by atomic mass is 10.0. The highest BCUT2D eigenvalue weighted by Crippen LogP contribution is 2.31. The first-order chi connectivity index (χ1) is 13.9. The van der Waals surface area contributed by atoms with Gasteiger partial charge in [-0.2, -0.15) is 0 Å². The number of hydrogen-bond donors (Lipinski definition) is 3. The van der Waals surface area contributed by atoms with Gasteiger partial charge in [-0.05, 0) is 48.4 Å². The number of nitrogen functional groups attached to an aromatic ring is 1. The molecule has 150 valence electrons. The number of methoxy groups -OCH3 is 1. The van der Waals surface area contributed by atoms with E-state index in [1.54, 1.807) is 18.2 Å². The third kappa shape index (κ3) is 3.79. The summed E-state index contributed by atoms with van der Waals surface area (Å²) in [6, 6.07) is 10.0. The Balaban J connectivity index is 1.60. The number of ether oxygens (including phenoxy) is 1. The van der Waals surface area contributed by atoms with Crippen LogP contribution >= 0.6 is 0 Å². The van der Waals surface area contributed by atoms with Gasteiger partial charge in [0.05, 0.1) is 12.8 Å². The second-order valence-electron chi connectivity index (χ2n) is 7.05. The highest BCUT2D eigenvalue weighted by Gasteiger charge is 2.22. The van der Waals surface area contributed by atoms with Gasteiger partial charge >= 0.3 is 0 Å². The Morgan fingerprint density at radius 3 is 2.79 bits per heavy atom. The van der Waals surface area contributed by atoms with Gasteiger partial charge in [0.25, 0.3) is 5.56 Å². The molecule has 1 aromatic heterocycles. The number of aromatic nitrogens is 2. The molecule has 0 radical (unpaired) electrons. The Kier molecular flexibility index (Phi) is 4.94. The molecule has 0 fully saturated rings. The lowest BCUT2D eigenvalue weighted by molar-refractivity contribution is 0.239. The molecule has 1 aliphatic rings. The van der Waals surface area contributed by atoms with Gasteiger partial charge in [-0.25, -0.2) is 9.37 Å². The number of phenols is 1. The van der Waals surface area contributed by atoms with E-state index in [9.17, 15) is 14.3 Å². The van der Waals surface area contributed by atoms with Crippen LogP contribution in [-0.4, -0.2) is 33.6 Å². The fourth-order valence-electron chi connectivity index (χ4n) is 3.54. The smallest absolute Gasteiger partial charge is 0.254 e. The topological polar surface area (TPSA) is 104 Å². The number of nitrogens with one attached hydrogen (secondary N) is 1. The first kappa shape index (κ1) is 18.9. The number of H-pyrrole nitrogens is 1. The molecule has 0 saturated carbocycles. The number of rotatable bonds is 4. The molecule has 2 heterocycles. The van der Waals surface area contributed by atoms with Crippen molar-refractivity contribution in [3.8, 4) is 22.9 Å². The number of nitrogens with two attached hydrogens (primary N) is 1. The predicted molar refractivity (Wildman–Crippen MR) is 107 cm³/mol. The number of hydrogen-bond acceptors (Lipinski definition) is 6. The van der Waals surface area contributed by atoms with Gasteiger partial charge in [0.1, 0.15) is 5.82 Å². The van der Waals surface area contributed by atoms with E-state index in [2.05, 4.69) is 14.9 Å². The van der Waals surface area contributed by atoms with Gasteiger partial charge in [0, 0.05) is 36.4 Å². The fraction of sp³-hybridized carbons (Fsp3) is 0.238. The number of nitrogens with zero attached hydrogens (tertiary/aromatic N) is 2. The highest BCUT2D eigenvalue weighted by atomic mass is 19.1. The van der Waals surface area contributed by atoms with Crippen molar-refractivity contribution in [2.24, 2.45) is 0 Å². The minimum absolute atomic E-state index is 0.0950. The molecule has 0 aliphatic carbocycles. The monoisotopic (exact) mass is 396 g/mol. The largest absolute Gasteiger partial charge is 0.502 e. The molecule has 8 heteroatoms. The molecule has 4 N–H and O–H groups in total. The number of aromatic hydroxyl groups is 1. The Morgan fingerprint density at radius 1 is 1.31 bits per heavy atom. The van der Waals surface area contributed by atoms with Crippen molar-refractivity contribution in [3.05, 3.63) is 69.4 Å². The standard InChI is InChI=1S/C21H21FN4O3/c1-29-18-9-12(8-16(22)19(18)27)10-26-7-6-15-17(11-26)24-20(25-21(15)28)13-2-4-14(23)5-3-13/h2-5,8-9,27H,6-7,10-11,23H2,1H3,(H,24,25,28). The van der Waals surface area contributed by atoms with Gasteiger partial charge in [-0.15, -0.1) is 0 Å². The summed E-state index contributed by atoms with van der Waals surface area (Å²) in [6.07, 6.45) is 0.553. The average Bonchev–Trinajstić information content (AvgIpc) is 2.70. The summed E-state index contributed by atoms with van der Waals surface area (Å²) >= 11 is 0. The van der Waals surface area contributed by atoms with Crippen LogP contribution in [0.3, 0.4) is 0 Å². The Bertz CT molecular complexity index is 1110. The van der Waals surface area contributed by atoms with E-state index in [1.807, 2.05) is 12.1 Å². The Hall–Kier alpha value is -3.39. The Labute approximate surface area is 166 Å². The molecule has 0 amide bonds. The zero-order valence-electron chi connectivity index (χ0n) is 15.9. The van der Waals surface area contributed by atoms with Crippen LogP contribution in [0.2, 0.25) is 0 Å². The molecule has 0 spiro atoms. The first-order valence-electron chi connectivity index (χ1n) is 9.20. The van der Waals surface area contributed by atoms with E-state index in [1.165, 1.54) is 13.2 Å². The number of halogens is 1. The number of anilines is 1. The van der Waals surface area contributed by atoms with Crippen LogP contribution in [0.4, 0.5) is 10.1 Å². The number of aromatic amines is 1. The minimum atomic E-state index is -0.725. The molecule has 2 aromatic carbocycles. The van der Waals surface area contributed by atoms with E-state index in [-0.39, 0.29) is 11.3 Å². The van der Waals surface area contributed by atoms with Gasteiger partial charge in [0.15, 0.2) is 17.3 Å². The zero-order valence-corrected chi connectivity index (χ0v) is 15.9. The van der Waals surface area contributed by atoms with Gasteiger partial charge in [-0.3, -0.25) is 9.69 Å². The van der Waals surface area contributed by atoms with Gasteiger partial charge in [-0.1, -0.05) is 0 Å². The maximum atomic E-state index is 13.9. The molecule has 1 aliphatic heterocycles. The van der Waals surface area contributed by atoms with Crippen LogP contribution in [0.1, 0.15) is 16.8 Å². The highest BCUT2D eigenvalue weighted by molar-refractivity contribution is 5.58. The molecule has 29 heavy (non-hydrogen) atoms. The average molecular weight is 396 g/mol. The molecule has 0 unspecified atom stereocenters. The summed E-state index contributed by atoms with van der Waals surface area (Å²) in [7, 11) is 1.38. The van der Waals surface area contributed by atoms with Crippen LogP contribution < -0.4 is 16.0 Å². The maximum Gasteiger partial charge on any atom is 0.254 e. The van der Waals surface area contributed by atoms with Gasteiger partial charge in [0.2, 0.25) is 0 Å². The third-order valence-corrected chi connectivity index (χ3v) is 5.05. The SMILES string of the molecule is COc1cc(CN2CCc3c(nc(-c4ccc(N)cc4)[nH]c3=O)C2)cc(F)c1O. The van der Waals surface area contributed by atoms with Crippen LogP contribution in [0.15, 0.2) is 41.2 Å². The second-order valence-corrected chi connectivity index (χ2v) is 7.05. The predicted octanol–water partition coefficient (Wildman–Crippen LogP) is 2.43. The fourth-order valence-corrected chi connectivity index (χ4v) is 3.54. The van der Waals surface area contributed by atoms with E-state index in [0.29, 0.717) is 54.4 Å². The van der Waals surface area contributed by atoms with Crippen molar-refractivity contribution in [2.75, 3.05) is 19.4 Å². The molecule has 0 saturated heterocycles. The summed E-state index contributed by atoms with van der Waals surface area (Å²) in [4.78, 5) is 22.1. The molecule has 4 rings (SSSR count). The summed E-state index contributed by atoms with van der Waals surface area (Å²) < 4.78 is 19.0. The molecular weight excluding hydrogens is 375 g/mol. The molecule has 7 nitrogen and oxygen atoms in total. The lowest BCUT2D eigenvalue weighted by Gasteiger charge is -2.28. The maximum absolute atomic E-state index is 13.9. The summed E-state index contributed by atoms with van der Waals surface area (Å²) in [6.45, 7) is 1.55. The lowest BCUT2D eigenvalue weighted by Crippen LogP contribution is -2.35.